The quantitative estimate of drug-likeness (QED) is 0.820. The average Bonchev–Trinajstić information content (AvgIpc) is 2.64. The van der Waals surface area contributed by atoms with Gasteiger partial charge in [0, 0.05) is 29.8 Å². The number of hydrogen-bond acceptors (Lipinski definition) is 4. The molecule has 1 fully saturated rings. The number of carbonyl (C=O) groups is 1. The molecule has 1 aliphatic heterocycles. The van der Waals surface area contributed by atoms with Crippen molar-refractivity contribution < 1.29 is 9.53 Å². The third-order valence-corrected chi connectivity index (χ3v) is 4.67. The van der Waals surface area contributed by atoms with Gasteiger partial charge in [0.2, 0.25) is 0 Å². The molecule has 132 valence electrons. The molecule has 1 aromatic heterocycles. The van der Waals surface area contributed by atoms with Crippen molar-refractivity contribution in [2.24, 2.45) is 0 Å². The zero-order chi connectivity index (χ0) is 17.6. The monoisotopic (exact) mass is 403 g/mol. The second kappa shape index (κ2) is 8.34. The number of ether oxygens (including phenoxy) is 1. The Morgan fingerprint density at radius 3 is 2.96 bits per heavy atom. The van der Waals surface area contributed by atoms with Crippen molar-refractivity contribution in [2.45, 2.75) is 25.8 Å². The molecule has 1 atom stereocenters. The Hall–Kier alpha value is -2.08. The van der Waals surface area contributed by atoms with E-state index in [9.17, 15) is 4.79 Å². The zero-order valence-corrected chi connectivity index (χ0v) is 15.8. The molecule has 0 saturated carbocycles. The molecular formula is C19H22BrN3O2. The fraction of sp³-hybridized carbons (Fsp3) is 0.368. The summed E-state index contributed by atoms with van der Waals surface area (Å²) in [5, 5.41) is 3.43. The van der Waals surface area contributed by atoms with Gasteiger partial charge in [-0.3, -0.25) is 4.79 Å². The van der Waals surface area contributed by atoms with Crippen LogP contribution in [0.1, 0.15) is 30.1 Å². The Labute approximate surface area is 156 Å². The van der Waals surface area contributed by atoms with Gasteiger partial charge in [-0.15, -0.1) is 0 Å². The van der Waals surface area contributed by atoms with Crippen LogP contribution in [0.2, 0.25) is 0 Å². The van der Waals surface area contributed by atoms with Crippen LogP contribution in [0, 0.1) is 0 Å². The van der Waals surface area contributed by atoms with Crippen molar-refractivity contribution in [1.82, 2.24) is 9.88 Å². The van der Waals surface area contributed by atoms with E-state index in [0.717, 1.165) is 29.7 Å². The van der Waals surface area contributed by atoms with Crippen LogP contribution in [0.5, 0.6) is 5.75 Å². The molecule has 1 aliphatic rings. The van der Waals surface area contributed by atoms with Gasteiger partial charge >= 0.3 is 0 Å². The minimum absolute atomic E-state index is 0.0271. The molecule has 1 N–H and O–H groups in total. The van der Waals surface area contributed by atoms with Crippen LogP contribution in [-0.4, -0.2) is 41.5 Å². The van der Waals surface area contributed by atoms with E-state index in [1.165, 1.54) is 0 Å². The molecule has 0 aliphatic carbocycles. The lowest BCUT2D eigenvalue weighted by molar-refractivity contribution is 0.0710. The first kappa shape index (κ1) is 17.7. The maximum absolute atomic E-state index is 12.9. The van der Waals surface area contributed by atoms with E-state index in [4.69, 9.17) is 4.74 Å². The number of rotatable bonds is 5. The lowest BCUT2D eigenvalue weighted by Crippen LogP contribution is -2.45. The molecule has 2 heterocycles. The van der Waals surface area contributed by atoms with E-state index in [2.05, 4.69) is 26.2 Å². The summed E-state index contributed by atoms with van der Waals surface area (Å²) in [7, 11) is 0. The van der Waals surface area contributed by atoms with Gasteiger partial charge in [0.25, 0.3) is 5.91 Å². The van der Waals surface area contributed by atoms with Gasteiger partial charge < -0.3 is 15.0 Å². The summed E-state index contributed by atoms with van der Waals surface area (Å²) in [5.74, 6) is 1.51. The van der Waals surface area contributed by atoms with E-state index >= 15 is 0 Å². The first-order valence-electron chi connectivity index (χ1n) is 8.56. The van der Waals surface area contributed by atoms with Crippen LogP contribution in [0.25, 0.3) is 0 Å². The second-order valence-electron chi connectivity index (χ2n) is 6.03. The van der Waals surface area contributed by atoms with E-state index in [-0.39, 0.29) is 11.9 Å². The van der Waals surface area contributed by atoms with Crippen LogP contribution in [0.4, 0.5) is 5.82 Å². The molecule has 1 saturated heterocycles. The standard InChI is InChI=1S/C19H22BrN3O2/c1-2-25-17-8-4-3-7-16(17)19(24)23-11-5-6-15(13-23)22-18-10-9-14(20)12-21-18/h3-4,7-10,12,15H,2,5-6,11,13H2,1H3,(H,21,22)/t15-/m1/s1. The maximum atomic E-state index is 12.9. The van der Waals surface area contributed by atoms with Crippen LogP contribution in [-0.2, 0) is 0 Å². The van der Waals surface area contributed by atoms with E-state index in [1.807, 2.05) is 48.2 Å². The van der Waals surface area contributed by atoms with Crippen LogP contribution in [0.15, 0.2) is 47.1 Å². The number of hydrogen-bond donors (Lipinski definition) is 1. The van der Waals surface area contributed by atoms with Gasteiger partial charge in [-0.25, -0.2) is 4.98 Å². The predicted molar refractivity (Wildman–Crippen MR) is 102 cm³/mol. The molecule has 0 spiro atoms. The van der Waals surface area contributed by atoms with Crippen LogP contribution >= 0.6 is 15.9 Å². The molecule has 1 aromatic carbocycles. The third-order valence-electron chi connectivity index (χ3n) is 4.21. The highest BCUT2D eigenvalue weighted by Gasteiger charge is 2.26. The molecule has 5 nitrogen and oxygen atoms in total. The molecule has 2 aromatic rings. The second-order valence-corrected chi connectivity index (χ2v) is 6.94. The number of amides is 1. The highest BCUT2D eigenvalue weighted by Crippen LogP contribution is 2.23. The van der Waals surface area contributed by atoms with Gasteiger partial charge in [-0.1, -0.05) is 12.1 Å². The number of benzene rings is 1. The number of likely N-dealkylation sites (tertiary alicyclic amines) is 1. The molecule has 6 heteroatoms. The molecule has 0 radical (unpaired) electrons. The maximum Gasteiger partial charge on any atom is 0.257 e. The summed E-state index contributed by atoms with van der Waals surface area (Å²) in [4.78, 5) is 19.2. The zero-order valence-electron chi connectivity index (χ0n) is 14.2. The van der Waals surface area contributed by atoms with Crippen molar-refractivity contribution in [2.75, 3.05) is 25.0 Å². The minimum Gasteiger partial charge on any atom is -0.493 e. The Bertz CT molecular complexity index is 721. The number of anilines is 1. The van der Waals surface area contributed by atoms with Gasteiger partial charge in [-0.05, 0) is 60.0 Å². The van der Waals surface area contributed by atoms with Gasteiger partial charge in [0.15, 0.2) is 0 Å². The highest BCUT2D eigenvalue weighted by atomic mass is 79.9. The van der Waals surface area contributed by atoms with Gasteiger partial charge in [0.1, 0.15) is 11.6 Å². The fourth-order valence-corrected chi connectivity index (χ4v) is 3.28. The van der Waals surface area contributed by atoms with Crippen molar-refractivity contribution >= 4 is 27.7 Å². The normalized spacial score (nSPS) is 17.2. The van der Waals surface area contributed by atoms with Gasteiger partial charge in [-0.2, -0.15) is 0 Å². The number of pyridine rings is 1. The lowest BCUT2D eigenvalue weighted by atomic mass is 10.0. The van der Waals surface area contributed by atoms with Crippen LogP contribution in [0.3, 0.4) is 0 Å². The molecule has 1 amide bonds. The fourth-order valence-electron chi connectivity index (χ4n) is 3.04. The third kappa shape index (κ3) is 4.51. The highest BCUT2D eigenvalue weighted by molar-refractivity contribution is 9.10. The van der Waals surface area contributed by atoms with E-state index in [1.54, 1.807) is 6.20 Å². The smallest absolute Gasteiger partial charge is 0.257 e. The van der Waals surface area contributed by atoms with Crippen molar-refractivity contribution in [3.05, 3.63) is 52.6 Å². The molecule has 3 rings (SSSR count). The first-order chi connectivity index (χ1) is 12.2. The Balaban J connectivity index is 1.68. The summed E-state index contributed by atoms with van der Waals surface area (Å²) >= 11 is 3.39. The number of halogens is 1. The predicted octanol–water partition coefficient (Wildman–Crippen LogP) is 3.96. The summed E-state index contributed by atoms with van der Waals surface area (Å²) in [5.41, 5.74) is 0.631. The lowest BCUT2D eigenvalue weighted by Gasteiger charge is -2.33. The molecule has 0 bridgehead atoms. The van der Waals surface area contributed by atoms with Gasteiger partial charge in [0.05, 0.1) is 12.2 Å². The number of para-hydroxylation sites is 1. The number of piperidine rings is 1. The first-order valence-corrected chi connectivity index (χ1v) is 9.36. The molecule has 0 unspecified atom stereocenters. The summed E-state index contributed by atoms with van der Waals surface area (Å²) in [6.45, 7) is 3.90. The topological polar surface area (TPSA) is 54.5 Å². The Morgan fingerprint density at radius 2 is 2.20 bits per heavy atom. The number of nitrogens with one attached hydrogen (secondary N) is 1. The average molecular weight is 404 g/mol. The molecular weight excluding hydrogens is 382 g/mol. The van der Waals surface area contributed by atoms with Crippen molar-refractivity contribution in [3.63, 3.8) is 0 Å². The number of nitrogens with zero attached hydrogens (tertiary/aromatic N) is 2. The molecule has 25 heavy (non-hydrogen) atoms. The van der Waals surface area contributed by atoms with Crippen molar-refractivity contribution in [1.29, 1.82) is 0 Å². The number of aromatic nitrogens is 1. The van der Waals surface area contributed by atoms with E-state index < -0.39 is 0 Å². The van der Waals surface area contributed by atoms with Crippen molar-refractivity contribution in [3.8, 4) is 5.75 Å². The minimum atomic E-state index is 0.0271. The number of carbonyl (C=O) groups excluding carboxylic acids is 1. The SMILES string of the molecule is CCOc1ccccc1C(=O)N1CCC[C@@H](Nc2ccc(Br)cn2)C1. The van der Waals surface area contributed by atoms with E-state index in [0.29, 0.717) is 24.5 Å². The Morgan fingerprint density at radius 1 is 1.36 bits per heavy atom. The largest absolute Gasteiger partial charge is 0.493 e. The van der Waals surface area contributed by atoms with Crippen LogP contribution < -0.4 is 10.1 Å². The summed E-state index contributed by atoms with van der Waals surface area (Å²) < 4.78 is 6.56. The summed E-state index contributed by atoms with van der Waals surface area (Å²) in [6.07, 6.45) is 3.76. The Kier molecular flexibility index (Phi) is 5.91. The summed E-state index contributed by atoms with van der Waals surface area (Å²) in [6, 6.07) is 11.5.